The lowest BCUT2D eigenvalue weighted by Gasteiger charge is -2.51. The molecule has 0 aromatic rings. The molecule has 0 atom stereocenters. The van der Waals surface area contributed by atoms with Crippen molar-refractivity contribution in [3.05, 3.63) is 11.6 Å². The van der Waals surface area contributed by atoms with E-state index in [9.17, 15) is 0 Å². The average molecular weight is 233 g/mol. The van der Waals surface area contributed by atoms with Crippen LogP contribution in [0, 0.1) is 10.8 Å². The third-order valence-electron chi connectivity index (χ3n) is 5.25. The van der Waals surface area contributed by atoms with E-state index in [0.29, 0.717) is 5.41 Å². The maximum atomic E-state index is 3.70. The zero-order valence-corrected chi connectivity index (χ0v) is 11.4. The fraction of sp³-hybridized carbons (Fsp3) is 0.875. The minimum Gasteiger partial charge on any atom is -0.316 e. The highest BCUT2D eigenvalue weighted by atomic mass is 14.9. The van der Waals surface area contributed by atoms with Crippen molar-refractivity contribution in [2.75, 3.05) is 13.1 Å². The van der Waals surface area contributed by atoms with Crippen molar-refractivity contribution >= 4 is 0 Å². The SMILES string of the molecule is CCCNCC1(C2=CCCCC2)CC2(CC2)C1. The minimum atomic E-state index is 0.589. The molecule has 0 aromatic heterocycles. The summed E-state index contributed by atoms with van der Waals surface area (Å²) in [5, 5.41) is 3.70. The number of rotatable bonds is 5. The maximum absolute atomic E-state index is 3.70. The molecule has 0 bridgehead atoms. The lowest BCUT2D eigenvalue weighted by atomic mass is 9.54. The van der Waals surface area contributed by atoms with Crippen LogP contribution in [-0.4, -0.2) is 13.1 Å². The van der Waals surface area contributed by atoms with E-state index in [0.717, 1.165) is 5.41 Å². The van der Waals surface area contributed by atoms with E-state index >= 15 is 0 Å². The second-order valence-electron chi connectivity index (χ2n) is 6.79. The molecule has 2 saturated carbocycles. The van der Waals surface area contributed by atoms with Gasteiger partial charge in [-0.2, -0.15) is 0 Å². The Morgan fingerprint density at radius 3 is 2.65 bits per heavy atom. The van der Waals surface area contributed by atoms with Crippen molar-refractivity contribution in [3.63, 3.8) is 0 Å². The Kier molecular flexibility index (Phi) is 3.06. The van der Waals surface area contributed by atoms with Crippen LogP contribution in [0.1, 0.15) is 64.7 Å². The first kappa shape index (κ1) is 11.8. The number of nitrogens with one attached hydrogen (secondary N) is 1. The maximum Gasteiger partial charge on any atom is 0.00472 e. The van der Waals surface area contributed by atoms with E-state index in [1.54, 1.807) is 0 Å². The van der Waals surface area contributed by atoms with Crippen molar-refractivity contribution in [3.8, 4) is 0 Å². The summed E-state index contributed by atoms with van der Waals surface area (Å²) in [6, 6.07) is 0. The Morgan fingerprint density at radius 1 is 1.24 bits per heavy atom. The lowest BCUT2D eigenvalue weighted by molar-refractivity contribution is 0.0679. The van der Waals surface area contributed by atoms with Gasteiger partial charge in [-0.25, -0.2) is 0 Å². The van der Waals surface area contributed by atoms with Crippen LogP contribution in [0.15, 0.2) is 11.6 Å². The van der Waals surface area contributed by atoms with Crippen LogP contribution in [0.2, 0.25) is 0 Å². The normalized spacial score (nSPS) is 28.6. The predicted octanol–water partition coefficient (Wildman–Crippen LogP) is 4.05. The molecule has 1 heteroatoms. The lowest BCUT2D eigenvalue weighted by Crippen LogP contribution is -2.47. The molecule has 96 valence electrons. The molecular weight excluding hydrogens is 206 g/mol. The van der Waals surface area contributed by atoms with Gasteiger partial charge >= 0.3 is 0 Å². The van der Waals surface area contributed by atoms with Gasteiger partial charge in [0.05, 0.1) is 0 Å². The van der Waals surface area contributed by atoms with E-state index in [1.165, 1.54) is 70.9 Å². The predicted molar refractivity (Wildman–Crippen MR) is 73.0 cm³/mol. The molecule has 3 rings (SSSR count). The standard InChI is InChI=1S/C16H27N/c1-2-10-17-13-16(11-15(12-16)8-9-15)14-6-4-3-5-7-14/h6,17H,2-5,7-13H2,1H3. The minimum absolute atomic E-state index is 0.589. The van der Waals surface area contributed by atoms with Crippen LogP contribution in [0.3, 0.4) is 0 Å². The quantitative estimate of drug-likeness (QED) is 0.558. The monoisotopic (exact) mass is 233 g/mol. The van der Waals surface area contributed by atoms with Crippen molar-refractivity contribution in [2.45, 2.75) is 64.7 Å². The van der Waals surface area contributed by atoms with E-state index in [-0.39, 0.29) is 0 Å². The van der Waals surface area contributed by atoms with Crippen LogP contribution in [0.25, 0.3) is 0 Å². The molecule has 0 amide bonds. The van der Waals surface area contributed by atoms with E-state index in [1.807, 2.05) is 5.57 Å². The Bertz CT molecular complexity index is 303. The van der Waals surface area contributed by atoms with Crippen LogP contribution in [0.4, 0.5) is 0 Å². The molecule has 2 fully saturated rings. The molecule has 1 N–H and O–H groups in total. The first-order valence-corrected chi connectivity index (χ1v) is 7.69. The van der Waals surface area contributed by atoms with Crippen molar-refractivity contribution in [1.29, 1.82) is 0 Å². The Labute approximate surface area is 106 Å². The molecule has 1 spiro atoms. The van der Waals surface area contributed by atoms with Gasteiger partial charge in [0.1, 0.15) is 0 Å². The second-order valence-corrected chi connectivity index (χ2v) is 6.79. The van der Waals surface area contributed by atoms with Gasteiger partial charge in [0.15, 0.2) is 0 Å². The molecule has 0 saturated heterocycles. The van der Waals surface area contributed by atoms with Crippen LogP contribution < -0.4 is 5.32 Å². The van der Waals surface area contributed by atoms with Crippen molar-refractivity contribution in [2.24, 2.45) is 10.8 Å². The molecule has 0 aromatic carbocycles. The summed E-state index contributed by atoms with van der Waals surface area (Å²) in [6.07, 6.45) is 15.5. The zero-order valence-electron chi connectivity index (χ0n) is 11.4. The molecule has 0 aliphatic heterocycles. The van der Waals surface area contributed by atoms with Gasteiger partial charge < -0.3 is 5.32 Å². The van der Waals surface area contributed by atoms with Gasteiger partial charge in [-0.15, -0.1) is 0 Å². The zero-order chi connectivity index (χ0) is 11.8. The topological polar surface area (TPSA) is 12.0 Å². The average Bonchev–Trinajstić information content (AvgIpc) is 3.09. The summed E-state index contributed by atoms with van der Waals surface area (Å²) in [7, 11) is 0. The molecule has 17 heavy (non-hydrogen) atoms. The Hall–Kier alpha value is -0.300. The highest BCUT2D eigenvalue weighted by Gasteiger charge is 2.61. The van der Waals surface area contributed by atoms with Gasteiger partial charge in [0.2, 0.25) is 0 Å². The Morgan fingerprint density at radius 2 is 2.06 bits per heavy atom. The molecule has 3 aliphatic rings. The fourth-order valence-electron chi connectivity index (χ4n) is 4.20. The summed E-state index contributed by atoms with van der Waals surface area (Å²) in [4.78, 5) is 0. The summed E-state index contributed by atoms with van der Waals surface area (Å²) in [6.45, 7) is 4.72. The third-order valence-corrected chi connectivity index (χ3v) is 5.25. The highest BCUT2D eigenvalue weighted by Crippen LogP contribution is 2.71. The summed E-state index contributed by atoms with van der Waals surface area (Å²) in [5.74, 6) is 0. The molecular formula is C16H27N. The largest absolute Gasteiger partial charge is 0.316 e. The van der Waals surface area contributed by atoms with E-state index in [4.69, 9.17) is 0 Å². The van der Waals surface area contributed by atoms with Gasteiger partial charge in [0, 0.05) is 12.0 Å². The number of hydrogen-bond acceptors (Lipinski definition) is 1. The molecule has 0 radical (unpaired) electrons. The third kappa shape index (κ3) is 2.19. The Balaban J connectivity index is 1.66. The van der Waals surface area contributed by atoms with E-state index in [2.05, 4.69) is 18.3 Å². The molecule has 3 aliphatic carbocycles. The molecule has 1 nitrogen and oxygen atoms in total. The number of allylic oxidation sites excluding steroid dienone is 1. The molecule has 0 unspecified atom stereocenters. The number of hydrogen-bond donors (Lipinski definition) is 1. The summed E-state index contributed by atoms with van der Waals surface area (Å²) < 4.78 is 0. The smallest absolute Gasteiger partial charge is 0.00472 e. The van der Waals surface area contributed by atoms with Gasteiger partial charge in [-0.1, -0.05) is 18.6 Å². The van der Waals surface area contributed by atoms with Gasteiger partial charge in [-0.05, 0) is 69.7 Å². The van der Waals surface area contributed by atoms with Crippen molar-refractivity contribution < 1.29 is 0 Å². The second kappa shape index (κ2) is 4.42. The summed E-state index contributed by atoms with van der Waals surface area (Å²) in [5.41, 5.74) is 3.24. The highest BCUT2D eigenvalue weighted by molar-refractivity contribution is 5.27. The van der Waals surface area contributed by atoms with Crippen molar-refractivity contribution in [1.82, 2.24) is 5.32 Å². The van der Waals surface area contributed by atoms with Gasteiger partial charge in [-0.3, -0.25) is 0 Å². The fourth-order valence-corrected chi connectivity index (χ4v) is 4.20. The van der Waals surface area contributed by atoms with Crippen LogP contribution >= 0.6 is 0 Å². The summed E-state index contributed by atoms with van der Waals surface area (Å²) >= 11 is 0. The first-order valence-electron chi connectivity index (χ1n) is 7.69. The van der Waals surface area contributed by atoms with Crippen LogP contribution in [-0.2, 0) is 0 Å². The first-order chi connectivity index (χ1) is 8.29. The van der Waals surface area contributed by atoms with Gasteiger partial charge in [0.25, 0.3) is 0 Å². The van der Waals surface area contributed by atoms with Crippen LogP contribution in [0.5, 0.6) is 0 Å². The van der Waals surface area contributed by atoms with E-state index < -0.39 is 0 Å². The molecule has 0 heterocycles.